The molecule has 158 valence electrons. The molecule has 0 bridgehead atoms. The zero-order valence-corrected chi connectivity index (χ0v) is 16.8. The highest BCUT2D eigenvalue weighted by Crippen LogP contribution is 2.39. The Morgan fingerprint density at radius 1 is 1.19 bits per heavy atom. The first-order valence-corrected chi connectivity index (χ1v) is 10.1. The predicted molar refractivity (Wildman–Crippen MR) is 110 cm³/mol. The van der Waals surface area contributed by atoms with Gasteiger partial charge in [-0.15, -0.1) is 0 Å². The van der Waals surface area contributed by atoms with Crippen molar-refractivity contribution in [3.8, 4) is 6.07 Å². The van der Waals surface area contributed by atoms with Crippen molar-refractivity contribution in [3.63, 3.8) is 0 Å². The van der Waals surface area contributed by atoms with Gasteiger partial charge < -0.3 is 10.2 Å². The molecule has 1 aliphatic carbocycles. The minimum absolute atomic E-state index is 0.00697. The highest BCUT2D eigenvalue weighted by atomic mass is 19.1. The number of carbonyl (C=O) groups is 3. The van der Waals surface area contributed by atoms with E-state index in [-0.39, 0.29) is 18.7 Å². The highest BCUT2D eigenvalue weighted by Gasteiger charge is 2.54. The van der Waals surface area contributed by atoms with E-state index in [1.807, 2.05) is 30.3 Å². The molecular weight excluding hydrogens is 399 g/mol. The van der Waals surface area contributed by atoms with Gasteiger partial charge in [-0.1, -0.05) is 36.4 Å². The maximum absolute atomic E-state index is 14.3. The van der Waals surface area contributed by atoms with Crippen LogP contribution in [0.2, 0.25) is 0 Å². The van der Waals surface area contributed by atoms with Gasteiger partial charge in [0, 0.05) is 6.54 Å². The van der Waals surface area contributed by atoms with Crippen LogP contribution in [0.4, 0.5) is 14.9 Å². The number of hydrogen-bond acceptors (Lipinski definition) is 4. The fourth-order valence-electron chi connectivity index (χ4n) is 4.39. The Morgan fingerprint density at radius 2 is 1.94 bits per heavy atom. The molecular formula is C23H21FN4O3. The monoisotopic (exact) mass is 420 g/mol. The fourth-order valence-corrected chi connectivity index (χ4v) is 4.39. The Hall–Kier alpha value is -3.73. The van der Waals surface area contributed by atoms with Gasteiger partial charge in [-0.25, -0.2) is 9.18 Å². The summed E-state index contributed by atoms with van der Waals surface area (Å²) in [7, 11) is 0. The first kappa shape index (κ1) is 20.5. The van der Waals surface area contributed by atoms with Crippen LogP contribution in [0.1, 0.15) is 30.4 Å². The molecule has 0 aromatic heterocycles. The number of urea groups is 1. The minimum Gasteiger partial charge on any atom is -0.319 e. The summed E-state index contributed by atoms with van der Waals surface area (Å²) in [6, 6.07) is 14.5. The summed E-state index contributed by atoms with van der Waals surface area (Å²) < 4.78 is 14.3. The number of imide groups is 1. The second kappa shape index (κ2) is 8.19. The third-order valence-corrected chi connectivity index (χ3v) is 5.84. The third-order valence-electron chi connectivity index (χ3n) is 5.84. The molecule has 0 radical (unpaired) electrons. The Labute approximate surface area is 179 Å². The quantitative estimate of drug-likeness (QED) is 0.753. The molecule has 7 nitrogen and oxygen atoms in total. The molecule has 1 fully saturated rings. The van der Waals surface area contributed by atoms with Gasteiger partial charge in [-0.3, -0.25) is 14.5 Å². The van der Waals surface area contributed by atoms with Crippen LogP contribution >= 0.6 is 0 Å². The molecule has 0 saturated carbocycles. The average molecular weight is 420 g/mol. The van der Waals surface area contributed by atoms with Gasteiger partial charge in [0.05, 0.1) is 18.2 Å². The van der Waals surface area contributed by atoms with Crippen LogP contribution in [0, 0.1) is 17.1 Å². The largest absolute Gasteiger partial charge is 0.325 e. The lowest BCUT2D eigenvalue weighted by Crippen LogP contribution is -2.47. The minimum atomic E-state index is -1.18. The van der Waals surface area contributed by atoms with Gasteiger partial charge in [0.15, 0.2) is 0 Å². The number of nitrogens with zero attached hydrogens (tertiary/aromatic N) is 3. The Kier molecular flexibility index (Phi) is 5.42. The molecule has 1 heterocycles. The van der Waals surface area contributed by atoms with Crippen molar-refractivity contribution in [1.29, 1.82) is 5.26 Å². The molecule has 31 heavy (non-hydrogen) atoms. The van der Waals surface area contributed by atoms with Crippen molar-refractivity contribution >= 4 is 23.5 Å². The SMILES string of the molecule is N#CCCN(C(=O)CN1C(=O)NC2(CCCc3ccccc32)C1=O)c1ccccc1F. The number of halogens is 1. The summed E-state index contributed by atoms with van der Waals surface area (Å²) in [4.78, 5) is 41.2. The number of nitrogens with one attached hydrogen (secondary N) is 1. The number of para-hydroxylation sites is 1. The smallest absolute Gasteiger partial charge is 0.319 e. The van der Waals surface area contributed by atoms with E-state index >= 15 is 0 Å². The Balaban J connectivity index is 1.61. The molecule has 8 heteroatoms. The average Bonchev–Trinajstić information content (AvgIpc) is 3.00. The summed E-state index contributed by atoms with van der Waals surface area (Å²) >= 11 is 0. The van der Waals surface area contributed by atoms with Crippen molar-refractivity contribution in [1.82, 2.24) is 10.2 Å². The number of nitriles is 1. The zero-order valence-electron chi connectivity index (χ0n) is 16.8. The normalized spacial score (nSPS) is 19.7. The first-order valence-electron chi connectivity index (χ1n) is 10.1. The van der Waals surface area contributed by atoms with Crippen LogP contribution in [0.15, 0.2) is 48.5 Å². The fraction of sp³-hybridized carbons (Fsp3) is 0.304. The molecule has 4 rings (SSSR count). The standard InChI is InChI=1S/C23H21FN4O3/c24-18-10-3-4-11-19(18)27(14-6-13-25)20(29)15-28-21(30)23(26-22(28)31)12-5-8-16-7-1-2-9-17(16)23/h1-4,7,9-11H,5-6,8,12,14-15H2,(H,26,31). The van der Waals surface area contributed by atoms with Crippen molar-refractivity contribution < 1.29 is 18.8 Å². The zero-order chi connectivity index (χ0) is 22.0. The summed E-state index contributed by atoms with van der Waals surface area (Å²) in [6.07, 6.45) is 1.98. The van der Waals surface area contributed by atoms with E-state index in [0.717, 1.165) is 33.8 Å². The lowest BCUT2D eigenvalue weighted by atomic mass is 9.76. The predicted octanol–water partition coefficient (Wildman–Crippen LogP) is 2.86. The first-order chi connectivity index (χ1) is 15.0. The lowest BCUT2D eigenvalue weighted by Gasteiger charge is -2.33. The molecule has 2 aliphatic rings. The van der Waals surface area contributed by atoms with Crippen LogP contribution < -0.4 is 10.2 Å². The van der Waals surface area contributed by atoms with E-state index in [1.165, 1.54) is 18.2 Å². The number of amides is 4. The molecule has 1 unspecified atom stereocenters. The summed E-state index contributed by atoms with van der Waals surface area (Å²) in [5.41, 5.74) is 0.580. The van der Waals surface area contributed by atoms with E-state index in [2.05, 4.69) is 5.32 Å². The number of hydrogen-bond donors (Lipinski definition) is 1. The van der Waals surface area contributed by atoms with Crippen LogP contribution in [0.25, 0.3) is 0 Å². The molecule has 2 aromatic carbocycles. The second-order valence-electron chi connectivity index (χ2n) is 7.64. The van der Waals surface area contributed by atoms with Gasteiger partial charge in [0.1, 0.15) is 17.9 Å². The lowest BCUT2D eigenvalue weighted by molar-refractivity contribution is -0.135. The van der Waals surface area contributed by atoms with Crippen molar-refractivity contribution in [3.05, 3.63) is 65.5 Å². The molecule has 1 spiro atoms. The van der Waals surface area contributed by atoms with E-state index < -0.39 is 35.7 Å². The number of anilines is 1. The van der Waals surface area contributed by atoms with Gasteiger partial charge in [-0.2, -0.15) is 5.26 Å². The molecule has 1 aliphatic heterocycles. The van der Waals surface area contributed by atoms with E-state index in [9.17, 15) is 18.8 Å². The van der Waals surface area contributed by atoms with E-state index in [4.69, 9.17) is 5.26 Å². The van der Waals surface area contributed by atoms with Gasteiger partial charge >= 0.3 is 6.03 Å². The highest BCUT2D eigenvalue weighted by molar-refractivity contribution is 6.11. The number of carbonyl (C=O) groups excluding carboxylic acids is 3. The summed E-state index contributed by atoms with van der Waals surface area (Å²) in [5, 5.41) is 11.7. The summed E-state index contributed by atoms with van der Waals surface area (Å²) in [6.45, 7) is -0.581. The molecule has 2 aromatic rings. The Morgan fingerprint density at radius 3 is 2.71 bits per heavy atom. The Bertz CT molecular complexity index is 1100. The number of fused-ring (bicyclic) bond motifs is 2. The van der Waals surface area contributed by atoms with Crippen LogP contribution in [0.3, 0.4) is 0 Å². The molecule has 1 N–H and O–H groups in total. The second-order valence-corrected chi connectivity index (χ2v) is 7.64. The number of rotatable bonds is 5. The van der Waals surface area contributed by atoms with Gasteiger partial charge in [0.2, 0.25) is 5.91 Å². The summed E-state index contributed by atoms with van der Waals surface area (Å²) in [5.74, 6) is -1.74. The molecule has 4 amide bonds. The topological polar surface area (TPSA) is 93.5 Å². The van der Waals surface area contributed by atoms with Gasteiger partial charge in [-0.05, 0) is 42.5 Å². The van der Waals surface area contributed by atoms with Crippen molar-refractivity contribution in [2.24, 2.45) is 0 Å². The van der Waals surface area contributed by atoms with E-state index in [1.54, 1.807) is 6.07 Å². The number of aryl methyl sites for hydroxylation is 1. The maximum atomic E-state index is 14.3. The van der Waals surface area contributed by atoms with Crippen molar-refractivity contribution in [2.45, 2.75) is 31.2 Å². The van der Waals surface area contributed by atoms with Crippen molar-refractivity contribution in [2.75, 3.05) is 18.0 Å². The van der Waals surface area contributed by atoms with Crippen LogP contribution in [-0.4, -0.2) is 35.8 Å². The molecule has 1 atom stereocenters. The third kappa shape index (κ3) is 3.52. The van der Waals surface area contributed by atoms with Crippen LogP contribution in [-0.2, 0) is 21.5 Å². The van der Waals surface area contributed by atoms with E-state index in [0.29, 0.717) is 6.42 Å². The maximum Gasteiger partial charge on any atom is 0.325 e. The van der Waals surface area contributed by atoms with Gasteiger partial charge in [0.25, 0.3) is 5.91 Å². The number of benzene rings is 2. The van der Waals surface area contributed by atoms with Crippen LogP contribution in [0.5, 0.6) is 0 Å². The molecule has 1 saturated heterocycles.